The van der Waals surface area contributed by atoms with E-state index in [4.69, 9.17) is 9.47 Å². The predicted octanol–water partition coefficient (Wildman–Crippen LogP) is 2.88. The first kappa shape index (κ1) is 11.7. The van der Waals surface area contributed by atoms with Crippen LogP contribution in [-0.4, -0.2) is 22.4 Å². The summed E-state index contributed by atoms with van der Waals surface area (Å²) < 4.78 is 13.7. The summed E-state index contributed by atoms with van der Waals surface area (Å²) in [5.74, 6) is 0.999. The van der Waals surface area contributed by atoms with Gasteiger partial charge in [-0.3, -0.25) is 0 Å². The molecule has 96 valence electrons. The largest absolute Gasteiger partial charge is 0.353 e. The minimum absolute atomic E-state index is 0.0311. The zero-order valence-corrected chi connectivity index (χ0v) is 10.8. The van der Waals surface area contributed by atoms with E-state index in [9.17, 15) is 0 Å². The van der Waals surface area contributed by atoms with Crippen molar-refractivity contribution >= 4 is 11.0 Å². The number of imidazole rings is 1. The molecule has 2 aromatic rings. The van der Waals surface area contributed by atoms with Crippen molar-refractivity contribution < 1.29 is 9.47 Å². The number of para-hydroxylation sites is 2. The van der Waals surface area contributed by atoms with Crippen LogP contribution in [0.1, 0.15) is 32.2 Å². The number of fused-ring (bicyclic) bond motifs is 3. The van der Waals surface area contributed by atoms with Gasteiger partial charge in [0, 0.05) is 19.6 Å². The maximum atomic E-state index is 5.90. The SMILES string of the molecule is CCOC1CCn2c(nc3ccccc32)C(C)O1. The molecule has 1 aromatic carbocycles. The molecule has 0 saturated heterocycles. The Labute approximate surface area is 107 Å². The lowest BCUT2D eigenvalue weighted by Gasteiger charge is -2.17. The van der Waals surface area contributed by atoms with Gasteiger partial charge in [0.05, 0.1) is 11.0 Å². The normalized spacial score (nSPS) is 23.9. The van der Waals surface area contributed by atoms with Crippen LogP contribution in [0, 0.1) is 0 Å². The molecule has 0 aliphatic carbocycles. The van der Waals surface area contributed by atoms with E-state index in [2.05, 4.69) is 15.6 Å². The molecular weight excluding hydrogens is 228 g/mol. The fourth-order valence-corrected chi connectivity index (χ4v) is 2.54. The smallest absolute Gasteiger partial charge is 0.160 e. The number of ether oxygens (including phenoxy) is 2. The fraction of sp³-hybridized carbons (Fsp3) is 0.500. The Hall–Kier alpha value is -1.39. The van der Waals surface area contributed by atoms with Gasteiger partial charge >= 0.3 is 0 Å². The third kappa shape index (κ3) is 1.91. The van der Waals surface area contributed by atoms with E-state index >= 15 is 0 Å². The molecule has 1 aliphatic rings. The summed E-state index contributed by atoms with van der Waals surface area (Å²) >= 11 is 0. The Morgan fingerprint density at radius 3 is 3.11 bits per heavy atom. The number of aromatic nitrogens is 2. The van der Waals surface area contributed by atoms with Gasteiger partial charge in [-0.25, -0.2) is 4.98 Å². The van der Waals surface area contributed by atoms with Crippen LogP contribution < -0.4 is 0 Å². The van der Waals surface area contributed by atoms with Gasteiger partial charge in [-0.1, -0.05) is 12.1 Å². The number of hydrogen-bond acceptors (Lipinski definition) is 3. The Balaban J connectivity index is 1.99. The van der Waals surface area contributed by atoms with Crippen LogP contribution in [0.4, 0.5) is 0 Å². The van der Waals surface area contributed by atoms with E-state index < -0.39 is 0 Å². The summed E-state index contributed by atoms with van der Waals surface area (Å²) in [6, 6.07) is 8.22. The molecule has 18 heavy (non-hydrogen) atoms. The summed E-state index contributed by atoms with van der Waals surface area (Å²) in [4.78, 5) is 4.67. The van der Waals surface area contributed by atoms with Gasteiger partial charge in [-0.2, -0.15) is 0 Å². The molecule has 2 unspecified atom stereocenters. The molecule has 0 radical (unpaired) electrons. The summed E-state index contributed by atoms with van der Waals surface area (Å²) in [6.07, 6.45) is 0.716. The second kappa shape index (κ2) is 4.71. The molecule has 1 aromatic heterocycles. The maximum absolute atomic E-state index is 5.90. The molecule has 0 N–H and O–H groups in total. The van der Waals surface area contributed by atoms with Crippen molar-refractivity contribution in [1.29, 1.82) is 0 Å². The van der Waals surface area contributed by atoms with Crippen LogP contribution in [0.15, 0.2) is 24.3 Å². The number of nitrogens with zero attached hydrogens (tertiary/aromatic N) is 2. The maximum Gasteiger partial charge on any atom is 0.160 e. The van der Waals surface area contributed by atoms with Crippen LogP contribution in [0.5, 0.6) is 0 Å². The fourth-order valence-electron chi connectivity index (χ4n) is 2.54. The first-order valence-electron chi connectivity index (χ1n) is 6.52. The Bertz CT molecular complexity index is 550. The quantitative estimate of drug-likeness (QED) is 0.817. The van der Waals surface area contributed by atoms with Crippen LogP contribution in [0.3, 0.4) is 0 Å². The molecule has 0 spiro atoms. The average Bonchev–Trinajstić information content (AvgIpc) is 2.67. The van der Waals surface area contributed by atoms with Crippen molar-refractivity contribution in [2.24, 2.45) is 0 Å². The third-order valence-corrected chi connectivity index (χ3v) is 3.34. The molecule has 0 saturated carbocycles. The van der Waals surface area contributed by atoms with Crippen molar-refractivity contribution in [2.45, 2.75) is 39.2 Å². The van der Waals surface area contributed by atoms with Gasteiger partial charge in [0.15, 0.2) is 6.29 Å². The Morgan fingerprint density at radius 2 is 2.28 bits per heavy atom. The van der Waals surface area contributed by atoms with E-state index in [1.54, 1.807) is 0 Å². The minimum atomic E-state index is -0.120. The number of aryl methyl sites for hydroxylation is 1. The standard InChI is InChI=1S/C14H18N2O2/c1-3-17-13-8-9-16-12-7-5-4-6-11(12)15-14(16)10(2)18-13/h4-7,10,13H,3,8-9H2,1-2H3. The van der Waals surface area contributed by atoms with Gasteiger partial charge in [0.25, 0.3) is 0 Å². The van der Waals surface area contributed by atoms with Gasteiger partial charge in [-0.05, 0) is 26.0 Å². The lowest BCUT2D eigenvalue weighted by atomic mass is 10.3. The summed E-state index contributed by atoms with van der Waals surface area (Å²) in [6.45, 7) is 5.60. The van der Waals surface area contributed by atoms with E-state index in [1.807, 2.05) is 32.0 Å². The third-order valence-electron chi connectivity index (χ3n) is 3.34. The van der Waals surface area contributed by atoms with Gasteiger partial charge in [-0.15, -0.1) is 0 Å². The van der Waals surface area contributed by atoms with Crippen molar-refractivity contribution in [2.75, 3.05) is 6.61 Å². The lowest BCUT2D eigenvalue weighted by molar-refractivity contribution is -0.166. The zero-order valence-electron chi connectivity index (χ0n) is 10.8. The molecule has 4 nitrogen and oxygen atoms in total. The van der Waals surface area contributed by atoms with Gasteiger partial charge in [0.2, 0.25) is 0 Å². The second-order valence-electron chi connectivity index (χ2n) is 4.56. The van der Waals surface area contributed by atoms with Crippen LogP contribution in [0.2, 0.25) is 0 Å². The molecule has 2 heterocycles. The molecule has 0 amide bonds. The number of benzene rings is 1. The molecule has 2 atom stereocenters. The van der Waals surface area contributed by atoms with E-state index in [1.165, 1.54) is 5.52 Å². The first-order chi connectivity index (χ1) is 8.79. The molecule has 1 aliphatic heterocycles. The Kier molecular flexibility index (Phi) is 3.06. The molecule has 4 heteroatoms. The average molecular weight is 246 g/mol. The highest BCUT2D eigenvalue weighted by atomic mass is 16.7. The summed E-state index contributed by atoms with van der Waals surface area (Å²) in [5.41, 5.74) is 2.22. The van der Waals surface area contributed by atoms with Crippen LogP contribution in [-0.2, 0) is 16.0 Å². The van der Waals surface area contributed by atoms with Crippen molar-refractivity contribution in [1.82, 2.24) is 9.55 Å². The van der Waals surface area contributed by atoms with Crippen molar-refractivity contribution in [3.8, 4) is 0 Å². The topological polar surface area (TPSA) is 36.3 Å². The van der Waals surface area contributed by atoms with Crippen molar-refractivity contribution in [3.05, 3.63) is 30.1 Å². The van der Waals surface area contributed by atoms with E-state index in [0.29, 0.717) is 6.61 Å². The highest BCUT2D eigenvalue weighted by Gasteiger charge is 2.25. The molecule has 0 fully saturated rings. The molecular formula is C14H18N2O2. The minimum Gasteiger partial charge on any atom is -0.353 e. The zero-order chi connectivity index (χ0) is 12.5. The highest BCUT2D eigenvalue weighted by Crippen LogP contribution is 2.28. The predicted molar refractivity (Wildman–Crippen MR) is 69.3 cm³/mol. The lowest BCUT2D eigenvalue weighted by Crippen LogP contribution is -2.17. The monoisotopic (exact) mass is 246 g/mol. The van der Waals surface area contributed by atoms with E-state index in [-0.39, 0.29) is 12.4 Å². The van der Waals surface area contributed by atoms with Crippen LogP contribution >= 0.6 is 0 Å². The molecule has 0 bridgehead atoms. The van der Waals surface area contributed by atoms with E-state index in [0.717, 1.165) is 24.3 Å². The Morgan fingerprint density at radius 1 is 1.44 bits per heavy atom. The second-order valence-corrected chi connectivity index (χ2v) is 4.56. The number of rotatable bonds is 2. The van der Waals surface area contributed by atoms with Gasteiger partial charge in [0.1, 0.15) is 11.9 Å². The van der Waals surface area contributed by atoms with Gasteiger partial charge < -0.3 is 14.0 Å². The van der Waals surface area contributed by atoms with Crippen LogP contribution in [0.25, 0.3) is 11.0 Å². The van der Waals surface area contributed by atoms with Crippen molar-refractivity contribution in [3.63, 3.8) is 0 Å². The first-order valence-corrected chi connectivity index (χ1v) is 6.52. The highest BCUT2D eigenvalue weighted by molar-refractivity contribution is 5.76. The number of hydrogen-bond donors (Lipinski definition) is 0. The molecule has 3 rings (SSSR count). The summed E-state index contributed by atoms with van der Waals surface area (Å²) in [7, 11) is 0. The summed E-state index contributed by atoms with van der Waals surface area (Å²) in [5, 5.41) is 0.